The Hall–Kier alpha value is -1.95. The predicted molar refractivity (Wildman–Crippen MR) is 56.0 cm³/mol. The Balaban J connectivity index is 2.48. The number of aliphatic hydroxyl groups is 1. The molecular weight excluding hydrogens is 228 g/mol. The minimum absolute atomic E-state index is 0.141. The number of aliphatic carboxylic acids is 1. The van der Waals surface area contributed by atoms with Gasteiger partial charge >= 0.3 is 5.97 Å². The van der Waals surface area contributed by atoms with Gasteiger partial charge < -0.3 is 25.5 Å². The van der Waals surface area contributed by atoms with Crippen LogP contribution >= 0.6 is 0 Å². The van der Waals surface area contributed by atoms with Crippen molar-refractivity contribution < 1.29 is 30.3 Å². The van der Waals surface area contributed by atoms with Crippen LogP contribution in [0, 0.1) is 0 Å². The normalized spacial score (nSPS) is 18.6. The fourth-order valence-corrected chi connectivity index (χ4v) is 2.03. The van der Waals surface area contributed by atoms with Crippen LogP contribution in [0.15, 0.2) is 12.1 Å². The lowest BCUT2D eigenvalue weighted by molar-refractivity contribution is -0.148. The van der Waals surface area contributed by atoms with E-state index in [1.165, 1.54) is 6.07 Å². The second-order valence-corrected chi connectivity index (χ2v) is 4.23. The Kier molecular flexibility index (Phi) is 2.39. The second-order valence-electron chi connectivity index (χ2n) is 4.23. The van der Waals surface area contributed by atoms with Crippen LogP contribution in [0.3, 0.4) is 0 Å². The van der Waals surface area contributed by atoms with Crippen LogP contribution in [0.4, 0.5) is 0 Å². The van der Waals surface area contributed by atoms with Gasteiger partial charge in [-0.15, -0.1) is 0 Å². The third-order valence-corrected chi connectivity index (χ3v) is 3.21. The van der Waals surface area contributed by atoms with E-state index in [2.05, 4.69) is 0 Å². The molecule has 1 unspecified atom stereocenters. The molecule has 1 aromatic rings. The number of aliphatic hydroxyl groups excluding tert-OH is 1. The van der Waals surface area contributed by atoms with E-state index in [1.807, 2.05) is 0 Å². The molecule has 17 heavy (non-hydrogen) atoms. The molecule has 1 saturated carbocycles. The number of carboxylic acid groups (broad SMARTS) is 1. The molecule has 1 aromatic carbocycles. The van der Waals surface area contributed by atoms with Crippen LogP contribution in [0.25, 0.3) is 0 Å². The van der Waals surface area contributed by atoms with Crippen molar-refractivity contribution in [2.45, 2.75) is 24.4 Å². The van der Waals surface area contributed by atoms with Gasteiger partial charge in [0.2, 0.25) is 5.75 Å². The molecule has 0 spiro atoms. The smallest absolute Gasteiger partial charge is 0.333 e. The molecule has 6 heteroatoms. The fourth-order valence-electron chi connectivity index (χ4n) is 2.03. The van der Waals surface area contributed by atoms with Gasteiger partial charge in [-0.1, -0.05) is 6.07 Å². The summed E-state index contributed by atoms with van der Waals surface area (Å²) < 4.78 is 0. The Morgan fingerprint density at radius 1 is 1.18 bits per heavy atom. The molecule has 0 aromatic heterocycles. The average Bonchev–Trinajstić information content (AvgIpc) is 3.06. The van der Waals surface area contributed by atoms with Crippen LogP contribution in [-0.2, 0) is 10.2 Å². The number of carbonyl (C=O) groups is 1. The summed E-state index contributed by atoms with van der Waals surface area (Å²) in [5.41, 5.74) is -0.927. The summed E-state index contributed by atoms with van der Waals surface area (Å²) in [7, 11) is 0. The van der Waals surface area contributed by atoms with Gasteiger partial charge in [0, 0.05) is 11.0 Å². The van der Waals surface area contributed by atoms with Crippen LogP contribution in [-0.4, -0.2) is 37.6 Å². The van der Waals surface area contributed by atoms with Gasteiger partial charge in [0.1, 0.15) is 0 Å². The van der Waals surface area contributed by atoms with Crippen molar-refractivity contribution in [1.29, 1.82) is 0 Å². The van der Waals surface area contributed by atoms with Crippen molar-refractivity contribution in [1.82, 2.24) is 0 Å². The van der Waals surface area contributed by atoms with Gasteiger partial charge in [-0.25, -0.2) is 4.79 Å². The monoisotopic (exact) mass is 240 g/mol. The van der Waals surface area contributed by atoms with Crippen LogP contribution in [0.5, 0.6) is 17.2 Å². The minimum Gasteiger partial charge on any atom is -0.504 e. The second kappa shape index (κ2) is 3.53. The molecule has 0 bridgehead atoms. The van der Waals surface area contributed by atoms with Gasteiger partial charge in [-0.3, -0.25) is 0 Å². The fraction of sp³-hybridized carbons (Fsp3) is 0.364. The molecule has 1 aliphatic carbocycles. The Morgan fingerprint density at radius 2 is 1.76 bits per heavy atom. The molecule has 0 radical (unpaired) electrons. The van der Waals surface area contributed by atoms with E-state index in [-0.39, 0.29) is 5.56 Å². The molecule has 0 amide bonds. The summed E-state index contributed by atoms with van der Waals surface area (Å²) in [5.74, 6) is -3.16. The quantitative estimate of drug-likeness (QED) is 0.484. The van der Waals surface area contributed by atoms with Gasteiger partial charge in [0.25, 0.3) is 0 Å². The molecular formula is C11H12O6. The first kappa shape index (κ1) is 11.5. The molecule has 2 rings (SSSR count). The van der Waals surface area contributed by atoms with E-state index < -0.39 is 34.7 Å². The summed E-state index contributed by atoms with van der Waals surface area (Å²) in [4.78, 5) is 10.8. The molecule has 1 atom stereocenters. The lowest BCUT2D eigenvalue weighted by Gasteiger charge is -2.20. The van der Waals surface area contributed by atoms with E-state index >= 15 is 0 Å². The topological polar surface area (TPSA) is 118 Å². The highest BCUT2D eigenvalue weighted by molar-refractivity contribution is 5.76. The summed E-state index contributed by atoms with van der Waals surface area (Å²) in [5, 5.41) is 46.6. The zero-order chi connectivity index (χ0) is 12.8. The van der Waals surface area contributed by atoms with Crippen molar-refractivity contribution in [3.63, 3.8) is 0 Å². The highest BCUT2D eigenvalue weighted by Gasteiger charge is 2.55. The van der Waals surface area contributed by atoms with E-state index in [1.54, 1.807) is 0 Å². The molecule has 1 fully saturated rings. The molecule has 6 nitrogen and oxygen atoms in total. The van der Waals surface area contributed by atoms with Crippen molar-refractivity contribution in [2.75, 3.05) is 0 Å². The Labute approximate surface area is 96.4 Å². The summed E-state index contributed by atoms with van der Waals surface area (Å²) in [6.45, 7) is 0. The zero-order valence-electron chi connectivity index (χ0n) is 8.79. The van der Waals surface area contributed by atoms with Gasteiger partial charge in [-0.2, -0.15) is 0 Å². The number of hydrogen-bond acceptors (Lipinski definition) is 5. The van der Waals surface area contributed by atoms with Crippen molar-refractivity contribution >= 4 is 5.97 Å². The van der Waals surface area contributed by atoms with Gasteiger partial charge in [-0.05, 0) is 18.9 Å². The molecule has 0 aliphatic heterocycles. The first-order valence-corrected chi connectivity index (χ1v) is 5.05. The van der Waals surface area contributed by atoms with E-state index in [0.29, 0.717) is 12.8 Å². The molecule has 0 saturated heterocycles. The van der Waals surface area contributed by atoms with Crippen molar-refractivity contribution in [2.24, 2.45) is 0 Å². The molecule has 5 N–H and O–H groups in total. The largest absolute Gasteiger partial charge is 0.504 e. The summed E-state index contributed by atoms with van der Waals surface area (Å²) in [6.07, 6.45) is -0.839. The Morgan fingerprint density at radius 3 is 2.24 bits per heavy atom. The van der Waals surface area contributed by atoms with Crippen LogP contribution < -0.4 is 0 Å². The number of rotatable bonds is 3. The van der Waals surface area contributed by atoms with Gasteiger partial charge in [0.05, 0.1) is 0 Å². The van der Waals surface area contributed by atoms with E-state index in [9.17, 15) is 20.1 Å². The van der Waals surface area contributed by atoms with E-state index in [0.717, 1.165) is 6.07 Å². The Bertz CT molecular complexity index is 477. The van der Waals surface area contributed by atoms with Crippen molar-refractivity contribution in [3.8, 4) is 17.2 Å². The molecule has 0 heterocycles. The SMILES string of the molecule is O=C(O)C(O)C1(c2ccc(O)c(O)c2O)CC1. The maximum atomic E-state index is 10.8. The summed E-state index contributed by atoms with van der Waals surface area (Å²) >= 11 is 0. The highest BCUT2D eigenvalue weighted by Crippen LogP contribution is 2.56. The number of aromatic hydroxyl groups is 3. The third-order valence-electron chi connectivity index (χ3n) is 3.21. The number of phenols is 3. The molecule has 1 aliphatic rings. The van der Waals surface area contributed by atoms with Crippen LogP contribution in [0.1, 0.15) is 18.4 Å². The zero-order valence-corrected chi connectivity index (χ0v) is 8.79. The summed E-state index contributed by atoms with van der Waals surface area (Å²) in [6, 6.07) is 2.46. The maximum absolute atomic E-state index is 10.8. The lowest BCUT2D eigenvalue weighted by atomic mass is 9.89. The highest BCUT2D eigenvalue weighted by atomic mass is 16.4. The lowest BCUT2D eigenvalue weighted by Crippen LogP contribution is -2.33. The first-order valence-electron chi connectivity index (χ1n) is 5.05. The number of carboxylic acids is 1. The predicted octanol–water partition coefficient (Wildman–Crippen LogP) is 0.280. The first-order chi connectivity index (χ1) is 7.90. The van der Waals surface area contributed by atoms with Crippen LogP contribution in [0.2, 0.25) is 0 Å². The number of benzene rings is 1. The average molecular weight is 240 g/mol. The maximum Gasteiger partial charge on any atom is 0.333 e. The van der Waals surface area contributed by atoms with E-state index in [4.69, 9.17) is 10.2 Å². The minimum atomic E-state index is -1.64. The number of phenolic OH excluding ortho intramolecular Hbond substituents is 3. The molecule has 92 valence electrons. The van der Waals surface area contributed by atoms with Crippen molar-refractivity contribution in [3.05, 3.63) is 17.7 Å². The number of hydrogen-bond donors (Lipinski definition) is 5. The standard InChI is InChI=1S/C11H12O6/c12-6-2-1-5(7(13)8(6)14)11(3-4-11)9(15)10(16)17/h1-2,9,12-15H,3-4H2,(H,16,17). The third kappa shape index (κ3) is 1.57. The van der Waals surface area contributed by atoms with Gasteiger partial charge in [0.15, 0.2) is 17.6 Å².